The van der Waals surface area contributed by atoms with Crippen LogP contribution in [0.3, 0.4) is 0 Å². The van der Waals surface area contributed by atoms with E-state index in [4.69, 9.17) is 6.42 Å². The van der Waals surface area contributed by atoms with Crippen molar-refractivity contribution in [1.29, 1.82) is 0 Å². The van der Waals surface area contributed by atoms with Gasteiger partial charge in [-0.2, -0.15) is 0 Å². The molecular formula is C12H22N2. The molecule has 1 rings (SSSR count). The Balaban J connectivity index is 2.18. The standard InChI is InChI=1S/C12H22N2/c1-4-10(2)14-11(3)9-12-7-5-6-8-13-12/h1,10-14H,5-9H2,2-3H3. The molecule has 0 saturated carbocycles. The van der Waals surface area contributed by atoms with Crippen LogP contribution in [0.5, 0.6) is 0 Å². The van der Waals surface area contributed by atoms with Gasteiger partial charge in [-0.3, -0.25) is 0 Å². The maximum absolute atomic E-state index is 5.33. The summed E-state index contributed by atoms with van der Waals surface area (Å²) in [5, 5.41) is 6.95. The van der Waals surface area contributed by atoms with Crippen molar-refractivity contribution in [2.45, 2.75) is 57.7 Å². The van der Waals surface area contributed by atoms with Crippen molar-refractivity contribution >= 4 is 0 Å². The van der Waals surface area contributed by atoms with E-state index in [0.717, 1.165) is 0 Å². The van der Waals surface area contributed by atoms with Gasteiger partial charge in [-0.05, 0) is 39.7 Å². The second-order valence-corrected chi connectivity index (χ2v) is 4.34. The van der Waals surface area contributed by atoms with E-state index in [-0.39, 0.29) is 6.04 Å². The molecule has 0 aromatic rings. The molecule has 1 heterocycles. The van der Waals surface area contributed by atoms with Crippen molar-refractivity contribution in [1.82, 2.24) is 10.6 Å². The second kappa shape index (κ2) is 6.06. The lowest BCUT2D eigenvalue weighted by Crippen LogP contribution is -2.42. The normalized spacial score (nSPS) is 26.5. The van der Waals surface area contributed by atoms with E-state index < -0.39 is 0 Å². The van der Waals surface area contributed by atoms with Gasteiger partial charge in [0, 0.05) is 12.1 Å². The van der Waals surface area contributed by atoms with Crippen molar-refractivity contribution in [2.24, 2.45) is 0 Å². The molecule has 0 bridgehead atoms. The van der Waals surface area contributed by atoms with Gasteiger partial charge in [0.2, 0.25) is 0 Å². The Labute approximate surface area is 87.8 Å². The maximum Gasteiger partial charge on any atom is 0.0660 e. The summed E-state index contributed by atoms with van der Waals surface area (Å²) in [4.78, 5) is 0. The number of nitrogens with one attached hydrogen (secondary N) is 2. The number of terminal acetylenes is 1. The van der Waals surface area contributed by atoms with Crippen LogP contribution in [0.15, 0.2) is 0 Å². The molecule has 0 aromatic heterocycles. The molecule has 0 amide bonds. The molecule has 0 aliphatic carbocycles. The monoisotopic (exact) mass is 194 g/mol. The van der Waals surface area contributed by atoms with E-state index >= 15 is 0 Å². The number of hydrogen-bond acceptors (Lipinski definition) is 2. The quantitative estimate of drug-likeness (QED) is 0.663. The highest BCUT2D eigenvalue weighted by atomic mass is 15.0. The van der Waals surface area contributed by atoms with Crippen molar-refractivity contribution in [3.05, 3.63) is 0 Å². The average Bonchev–Trinajstić information content (AvgIpc) is 2.19. The third-order valence-electron chi connectivity index (χ3n) is 2.83. The Bertz CT molecular complexity index is 189. The molecule has 2 nitrogen and oxygen atoms in total. The minimum absolute atomic E-state index is 0.189. The van der Waals surface area contributed by atoms with Crippen LogP contribution in [-0.4, -0.2) is 24.7 Å². The van der Waals surface area contributed by atoms with Gasteiger partial charge in [0.05, 0.1) is 6.04 Å². The smallest absolute Gasteiger partial charge is 0.0660 e. The van der Waals surface area contributed by atoms with Crippen LogP contribution in [0, 0.1) is 12.3 Å². The van der Waals surface area contributed by atoms with Gasteiger partial charge in [0.15, 0.2) is 0 Å². The van der Waals surface area contributed by atoms with E-state index in [1.807, 2.05) is 6.92 Å². The largest absolute Gasteiger partial charge is 0.314 e. The molecule has 2 heteroatoms. The summed E-state index contributed by atoms with van der Waals surface area (Å²) < 4.78 is 0. The number of hydrogen-bond donors (Lipinski definition) is 2. The second-order valence-electron chi connectivity index (χ2n) is 4.34. The fourth-order valence-electron chi connectivity index (χ4n) is 2.09. The Kier molecular flexibility index (Phi) is 5.00. The molecule has 80 valence electrons. The summed E-state index contributed by atoms with van der Waals surface area (Å²) in [6.45, 7) is 5.43. The fourth-order valence-corrected chi connectivity index (χ4v) is 2.09. The summed E-state index contributed by atoms with van der Waals surface area (Å²) in [6.07, 6.45) is 10.5. The van der Waals surface area contributed by atoms with E-state index in [2.05, 4.69) is 23.5 Å². The lowest BCUT2D eigenvalue weighted by atomic mass is 9.98. The highest BCUT2D eigenvalue weighted by Gasteiger charge is 2.15. The van der Waals surface area contributed by atoms with E-state index in [1.54, 1.807) is 0 Å². The molecule has 0 radical (unpaired) electrons. The first-order chi connectivity index (χ1) is 6.72. The number of piperidine rings is 1. The summed E-state index contributed by atoms with van der Waals surface area (Å²) >= 11 is 0. The topological polar surface area (TPSA) is 24.1 Å². The summed E-state index contributed by atoms with van der Waals surface area (Å²) in [5.74, 6) is 2.70. The molecule has 0 aromatic carbocycles. The lowest BCUT2D eigenvalue weighted by molar-refractivity contribution is 0.341. The Morgan fingerprint density at radius 3 is 2.86 bits per heavy atom. The van der Waals surface area contributed by atoms with Crippen molar-refractivity contribution in [3.8, 4) is 12.3 Å². The molecule has 14 heavy (non-hydrogen) atoms. The van der Waals surface area contributed by atoms with E-state index in [1.165, 1.54) is 32.2 Å². The maximum atomic E-state index is 5.33. The van der Waals surface area contributed by atoms with Crippen LogP contribution in [0.4, 0.5) is 0 Å². The average molecular weight is 194 g/mol. The Hall–Kier alpha value is -0.520. The third kappa shape index (κ3) is 4.13. The van der Waals surface area contributed by atoms with Gasteiger partial charge in [0.25, 0.3) is 0 Å². The predicted molar refractivity (Wildman–Crippen MR) is 61.2 cm³/mol. The first-order valence-corrected chi connectivity index (χ1v) is 5.68. The molecule has 2 N–H and O–H groups in total. The van der Waals surface area contributed by atoms with Crippen LogP contribution in [0.1, 0.15) is 39.5 Å². The molecule has 1 fully saturated rings. The van der Waals surface area contributed by atoms with Gasteiger partial charge >= 0.3 is 0 Å². The van der Waals surface area contributed by atoms with E-state index in [0.29, 0.717) is 12.1 Å². The van der Waals surface area contributed by atoms with Crippen molar-refractivity contribution in [3.63, 3.8) is 0 Å². The zero-order valence-electron chi connectivity index (χ0n) is 9.34. The minimum atomic E-state index is 0.189. The Morgan fingerprint density at radius 2 is 2.29 bits per heavy atom. The van der Waals surface area contributed by atoms with Crippen molar-refractivity contribution < 1.29 is 0 Å². The lowest BCUT2D eigenvalue weighted by Gasteiger charge is -2.27. The van der Waals surface area contributed by atoms with Gasteiger partial charge in [0.1, 0.15) is 0 Å². The van der Waals surface area contributed by atoms with Crippen LogP contribution < -0.4 is 10.6 Å². The first-order valence-electron chi connectivity index (χ1n) is 5.68. The third-order valence-corrected chi connectivity index (χ3v) is 2.83. The predicted octanol–water partition coefficient (Wildman–Crippen LogP) is 1.52. The zero-order chi connectivity index (χ0) is 10.4. The fraction of sp³-hybridized carbons (Fsp3) is 0.833. The zero-order valence-corrected chi connectivity index (χ0v) is 9.34. The van der Waals surface area contributed by atoms with E-state index in [9.17, 15) is 0 Å². The summed E-state index contributed by atoms with van der Waals surface area (Å²) in [7, 11) is 0. The van der Waals surface area contributed by atoms with Gasteiger partial charge < -0.3 is 10.6 Å². The molecule has 0 spiro atoms. The van der Waals surface area contributed by atoms with Gasteiger partial charge in [-0.25, -0.2) is 0 Å². The summed E-state index contributed by atoms with van der Waals surface area (Å²) in [6, 6.07) is 1.39. The first kappa shape index (κ1) is 11.6. The Morgan fingerprint density at radius 1 is 1.50 bits per heavy atom. The molecule has 1 aliphatic rings. The molecular weight excluding hydrogens is 172 g/mol. The minimum Gasteiger partial charge on any atom is -0.314 e. The van der Waals surface area contributed by atoms with Crippen LogP contribution >= 0.6 is 0 Å². The summed E-state index contributed by atoms with van der Waals surface area (Å²) in [5.41, 5.74) is 0. The highest BCUT2D eigenvalue weighted by molar-refractivity contribution is 4.97. The van der Waals surface area contributed by atoms with Gasteiger partial charge in [-0.1, -0.05) is 12.3 Å². The van der Waals surface area contributed by atoms with Crippen molar-refractivity contribution in [2.75, 3.05) is 6.54 Å². The van der Waals surface area contributed by atoms with Crippen LogP contribution in [0.2, 0.25) is 0 Å². The number of rotatable bonds is 4. The van der Waals surface area contributed by atoms with Gasteiger partial charge in [-0.15, -0.1) is 6.42 Å². The van der Waals surface area contributed by atoms with Crippen LogP contribution in [0.25, 0.3) is 0 Å². The molecule has 3 unspecified atom stereocenters. The highest BCUT2D eigenvalue weighted by Crippen LogP contribution is 2.11. The molecule has 3 atom stereocenters. The SMILES string of the molecule is C#CC(C)NC(C)CC1CCCCN1. The van der Waals surface area contributed by atoms with Crippen LogP contribution in [-0.2, 0) is 0 Å². The molecule has 1 saturated heterocycles. The molecule has 1 aliphatic heterocycles.